The van der Waals surface area contributed by atoms with Gasteiger partial charge in [0.1, 0.15) is 10.5 Å². The molecule has 37 heavy (non-hydrogen) atoms. The molecule has 1 unspecified atom stereocenters. The van der Waals surface area contributed by atoms with Crippen LogP contribution in [0.1, 0.15) is 12.6 Å². The highest BCUT2D eigenvalue weighted by Gasteiger charge is 2.24. The van der Waals surface area contributed by atoms with Gasteiger partial charge in [0.15, 0.2) is 5.16 Å². The molecule has 0 radical (unpaired) electrons. The zero-order valence-electron chi connectivity index (χ0n) is 20.3. The van der Waals surface area contributed by atoms with E-state index in [-0.39, 0.29) is 22.0 Å². The molecule has 0 saturated heterocycles. The number of rotatable bonds is 6. The van der Waals surface area contributed by atoms with Gasteiger partial charge in [-0.05, 0) is 31.5 Å². The fourth-order valence-corrected chi connectivity index (χ4v) is 5.86. The molecular formula is C26H24N6O3S2. The van der Waals surface area contributed by atoms with Crippen LogP contribution < -0.4 is 22.3 Å². The van der Waals surface area contributed by atoms with Crippen LogP contribution in [0.5, 0.6) is 0 Å². The third-order valence-corrected chi connectivity index (χ3v) is 8.08. The number of nitrogens with zero attached hydrogens (tertiary/aromatic N) is 4. The highest BCUT2D eigenvalue weighted by Crippen LogP contribution is 2.32. The summed E-state index contributed by atoms with van der Waals surface area (Å²) in [5.74, 6) is 5.73. The average Bonchev–Trinajstić information content (AvgIpc) is 3.42. The molecule has 0 aliphatic heterocycles. The van der Waals surface area contributed by atoms with Crippen LogP contribution in [-0.4, -0.2) is 30.2 Å². The van der Waals surface area contributed by atoms with E-state index in [0.717, 1.165) is 27.6 Å². The molecule has 3 N–H and O–H groups in total. The topological polar surface area (TPSA) is 117 Å². The normalized spacial score (nSPS) is 12.1. The molecule has 0 aliphatic carbocycles. The number of nitrogens with one attached hydrogen (secondary N) is 1. The quantitative estimate of drug-likeness (QED) is 0.195. The number of hydrogen-bond donors (Lipinski definition) is 2. The number of carbonyl (C=O) groups is 1. The number of aromatic nitrogens is 4. The number of nitrogens with two attached hydrogens (primary N) is 1. The predicted molar refractivity (Wildman–Crippen MR) is 149 cm³/mol. The number of thioether (sulfide) groups is 1. The van der Waals surface area contributed by atoms with Crippen molar-refractivity contribution in [1.82, 2.24) is 19.0 Å². The van der Waals surface area contributed by atoms with E-state index in [9.17, 15) is 14.4 Å². The van der Waals surface area contributed by atoms with E-state index in [1.807, 2.05) is 66.0 Å². The fourth-order valence-electron chi connectivity index (χ4n) is 4.05. The van der Waals surface area contributed by atoms with Crippen molar-refractivity contribution >= 4 is 44.9 Å². The molecule has 0 saturated carbocycles. The van der Waals surface area contributed by atoms with Crippen molar-refractivity contribution in [1.29, 1.82) is 0 Å². The lowest BCUT2D eigenvalue weighted by atomic mass is 10.1. The third-order valence-electron chi connectivity index (χ3n) is 6.15. The number of fused-ring (bicyclic) bond motifs is 1. The number of thiophene rings is 1. The predicted octanol–water partition coefficient (Wildman–Crippen LogP) is 3.76. The van der Waals surface area contributed by atoms with Crippen molar-refractivity contribution in [3.8, 4) is 16.8 Å². The molecule has 0 fully saturated rings. The van der Waals surface area contributed by atoms with Gasteiger partial charge in [0, 0.05) is 18.0 Å². The number of anilines is 1. The zero-order valence-corrected chi connectivity index (χ0v) is 22.0. The van der Waals surface area contributed by atoms with Gasteiger partial charge in [0.2, 0.25) is 5.91 Å². The lowest BCUT2D eigenvalue weighted by molar-refractivity contribution is -0.115. The summed E-state index contributed by atoms with van der Waals surface area (Å²) in [7, 11) is 1.76. The number of benzene rings is 2. The first-order valence-electron chi connectivity index (χ1n) is 11.4. The second-order valence-electron chi connectivity index (χ2n) is 8.45. The van der Waals surface area contributed by atoms with Gasteiger partial charge >= 0.3 is 0 Å². The Morgan fingerprint density at radius 3 is 2.38 bits per heavy atom. The largest absolute Gasteiger partial charge is 0.334 e. The maximum absolute atomic E-state index is 13.2. The van der Waals surface area contributed by atoms with Crippen molar-refractivity contribution in [2.24, 2.45) is 7.05 Å². The highest BCUT2D eigenvalue weighted by atomic mass is 32.2. The Kier molecular flexibility index (Phi) is 6.48. The molecular weight excluding hydrogens is 508 g/mol. The van der Waals surface area contributed by atoms with E-state index in [2.05, 4.69) is 10.3 Å². The molecule has 9 nitrogen and oxygen atoms in total. The lowest BCUT2D eigenvalue weighted by Gasteiger charge is -2.13. The molecule has 5 rings (SSSR count). The standard InChI is InChI=1S/C26H24N6O3S2/c1-15-21(25(35)32(30(15)3)18-12-8-5-9-13-18)28-22(33)16(2)37-26-29-23-20(24(34)31(26)27)19(14-36-23)17-10-6-4-7-11-17/h4-14,16H,27H2,1-3H3,(H,28,33). The SMILES string of the molecule is Cc1c(NC(=O)C(C)Sc2nc3scc(-c4ccccc4)c3c(=O)n2N)c(=O)n(-c2ccccc2)n1C. The summed E-state index contributed by atoms with van der Waals surface area (Å²) in [5, 5.41) is 4.62. The summed E-state index contributed by atoms with van der Waals surface area (Å²) >= 11 is 2.41. The number of para-hydroxylation sites is 1. The summed E-state index contributed by atoms with van der Waals surface area (Å²) < 4.78 is 4.17. The Bertz CT molecular complexity index is 1740. The number of carbonyl (C=O) groups excluding carboxylic acids is 1. The van der Waals surface area contributed by atoms with Crippen LogP contribution in [0.2, 0.25) is 0 Å². The number of hydrogen-bond acceptors (Lipinski definition) is 7. The maximum Gasteiger partial charge on any atom is 0.295 e. The molecule has 5 aromatic rings. The second kappa shape index (κ2) is 9.75. The van der Waals surface area contributed by atoms with Crippen molar-refractivity contribution in [3.05, 3.63) is 92.4 Å². The first kappa shape index (κ1) is 24.6. The molecule has 3 heterocycles. The van der Waals surface area contributed by atoms with Gasteiger partial charge < -0.3 is 11.2 Å². The van der Waals surface area contributed by atoms with E-state index in [0.29, 0.717) is 21.6 Å². The Labute approximate surface area is 220 Å². The van der Waals surface area contributed by atoms with Crippen LogP contribution in [0.15, 0.2) is 80.8 Å². The van der Waals surface area contributed by atoms with Crippen LogP contribution >= 0.6 is 23.1 Å². The Morgan fingerprint density at radius 2 is 1.70 bits per heavy atom. The van der Waals surface area contributed by atoms with Gasteiger partial charge in [-0.2, -0.15) is 0 Å². The fraction of sp³-hybridized carbons (Fsp3) is 0.154. The van der Waals surface area contributed by atoms with E-state index >= 15 is 0 Å². The summed E-state index contributed by atoms with van der Waals surface area (Å²) in [5.41, 5.74) is 2.46. The summed E-state index contributed by atoms with van der Waals surface area (Å²) in [6.45, 7) is 3.44. The van der Waals surface area contributed by atoms with Gasteiger partial charge in [-0.25, -0.2) is 14.3 Å². The van der Waals surface area contributed by atoms with Crippen molar-refractivity contribution in [2.75, 3.05) is 11.2 Å². The molecule has 0 bridgehead atoms. The summed E-state index contributed by atoms with van der Waals surface area (Å²) in [6.07, 6.45) is 0. The lowest BCUT2D eigenvalue weighted by Crippen LogP contribution is -2.32. The van der Waals surface area contributed by atoms with E-state index in [1.54, 1.807) is 25.6 Å². The van der Waals surface area contributed by atoms with Crippen molar-refractivity contribution in [3.63, 3.8) is 0 Å². The number of nitrogen functional groups attached to an aromatic ring is 1. The van der Waals surface area contributed by atoms with Crippen LogP contribution in [-0.2, 0) is 11.8 Å². The van der Waals surface area contributed by atoms with E-state index < -0.39 is 11.2 Å². The minimum absolute atomic E-state index is 0.197. The number of amides is 1. The molecule has 1 atom stereocenters. The molecule has 188 valence electrons. The Hall–Kier alpha value is -4.09. The van der Waals surface area contributed by atoms with Gasteiger partial charge in [0.25, 0.3) is 11.1 Å². The van der Waals surface area contributed by atoms with Gasteiger partial charge in [-0.15, -0.1) is 11.3 Å². The molecule has 11 heteroatoms. The molecule has 0 spiro atoms. The van der Waals surface area contributed by atoms with Crippen molar-refractivity contribution < 1.29 is 4.79 Å². The maximum atomic E-state index is 13.2. The highest BCUT2D eigenvalue weighted by molar-refractivity contribution is 8.00. The van der Waals surface area contributed by atoms with Crippen molar-refractivity contribution in [2.45, 2.75) is 24.3 Å². The summed E-state index contributed by atoms with van der Waals surface area (Å²) in [6, 6.07) is 18.8. The van der Waals surface area contributed by atoms with Gasteiger partial charge in [0.05, 0.1) is 22.0 Å². The average molecular weight is 533 g/mol. The molecule has 0 aliphatic rings. The monoisotopic (exact) mass is 532 g/mol. The van der Waals surface area contributed by atoms with E-state index in [1.165, 1.54) is 16.0 Å². The minimum atomic E-state index is -0.683. The van der Waals surface area contributed by atoms with Gasteiger partial charge in [-0.3, -0.25) is 19.1 Å². The Balaban J connectivity index is 1.41. The molecule has 3 aromatic heterocycles. The third kappa shape index (κ3) is 4.36. The van der Waals surface area contributed by atoms with Crippen LogP contribution in [0, 0.1) is 6.92 Å². The van der Waals surface area contributed by atoms with Crippen LogP contribution in [0.4, 0.5) is 5.69 Å². The first-order valence-corrected chi connectivity index (χ1v) is 13.2. The second-order valence-corrected chi connectivity index (χ2v) is 10.6. The minimum Gasteiger partial charge on any atom is -0.334 e. The van der Waals surface area contributed by atoms with E-state index in [4.69, 9.17) is 5.84 Å². The molecule has 2 aromatic carbocycles. The zero-order chi connectivity index (χ0) is 26.3. The first-order chi connectivity index (χ1) is 17.8. The molecule has 1 amide bonds. The van der Waals surface area contributed by atoms with Crippen LogP contribution in [0.25, 0.3) is 27.0 Å². The van der Waals surface area contributed by atoms with Crippen LogP contribution in [0.3, 0.4) is 0 Å². The summed E-state index contributed by atoms with van der Waals surface area (Å²) in [4.78, 5) is 44.5. The van der Waals surface area contributed by atoms with Gasteiger partial charge in [-0.1, -0.05) is 60.3 Å². The Morgan fingerprint density at radius 1 is 1.05 bits per heavy atom. The smallest absolute Gasteiger partial charge is 0.295 e.